The fourth-order valence-corrected chi connectivity index (χ4v) is 3.06. The first-order valence-electron chi connectivity index (χ1n) is 8.00. The van der Waals surface area contributed by atoms with E-state index in [1.807, 2.05) is 24.3 Å². The summed E-state index contributed by atoms with van der Waals surface area (Å²) in [4.78, 5) is 16.6. The standard InChI is InChI=1S/C17H18N4O2/c22-17(16-11-5-3-7-12(11)20-21-16)18-10-4-9-15-19-13-6-1-2-8-14(13)23-15/h1-2,6,8H,3-5,7,9-10H2,(H,18,22)(H,20,21). The second-order valence-electron chi connectivity index (χ2n) is 5.82. The van der Waals surface area contributed by atoms with Crippen molar-refractivity contribution in [3.8, 4) is 0 Å². The number of nitrogens with zero attached hydrogens (tertiary/aromatic N) is 2. The number of H-pyrrole nitrogens is 1. The summed E-state index contributed by atoms with van der Waals surface area (Å²) in [7, 11) is 0. The number of oxazole rings is 1. The van der Waals surface area contributed by atoms with E-state index in [2.05, 4.69) is 20.5 Å². The SMILES string of the molecule is O=C(NCCCc1nc2ccccc2o1)c1n[nH]c2c1CCC2. The van der Waals surface area contributed by atoms with Crippen LogP contribution < -0.4 is 5.32 Å². The molecular weight excluding hydrogens is 292 g/mol. The number of aromatic amines is 1. The first kappa shape index (κ1) is 14.0. The molecule has 0 radical (unpaired) electrons. The minimum Gasteiger partial charge on any atom is -0.441 e. The molecule has 2 N–H and O–H groups in total. The van der Waals surface area contributed by atoms with Crippen LogP contribution in [0.5, 0.6) is 0 Å². The Hall–Kier alpha value is -2.63. The Balaban J connectivity index is 1.30. The van der Waals surface area contributed by atoms with Gasteiger partial charge in [0.15, 0.2) is 17.2 Å². The number of benzene rings is 1. The molecule has 4 rings (SSSR count). The molecule has 0 atom stereocenters. The van der Waals surface area contributed by atoms with E-state index < -0.39 is 0 Å². The van der Waals surface area contributed by atoms with Crippen LogP contribution in [0.1, 0.15) is 40.5 Å². The van der Waals surface area contributed by atoms with Crippen molar-refractivity contribution in [2.75, 3.05) is 6.54 Å². The van der Waals surface area contributed by atoms with Crippen molar-refractivity contribution < 1.29 is 9.21 Å². The van der Waals surface area contributed by atoms with Crippen LogP contribution in [-0.4, -0.2) is 27.6 Å². The minimum absolute atomic E-state index is 0.0954. The van der Waals surface area contributed by atoms with Gasteiger partial charge in [-0.3, -0.25) is 9.89 Å². The summed E-state index contributed by atoms with van der Waals surface area (Å²) in [5.41, 5.74) is 4.43. The van der Waals surface area contributed by atoms with E-state index in [0.29, 0.717) is 24.6 Å². The van der Waals surface area contributed by atoms with E-state index >= 15 is 0 Å². The maximum absolute atomic E-state index is 12.2. The number of carbonyl (C=O) groups excluding carboxylic acids is 1. The molecule has 6 nitrogen and oxygen atoms in total. The highest BCUT2D eigenvalue weighted by atomic mass is 16.3. The largest absolute Gasteiger partial charge is 0.441 e. The molecule has 0 spiro atoms. The molecule has 1 amide bonds. The molecule has 3 aromatic rings. The summed E-state index contributed by atoms with van der Waals surface area (Å²) >= 11 is 0. The molecule has 0 saturated carbocycles. The second kappa shape index (κ2) is 5.87. The van der Waals surface area contributed by atoms with Crippen molar-refractivity contribution in [2.45, 2.75) is 32.1 Å². The van der Waals surface area contributed by atoms with Gasteiger partial charge in [-0.2, -0.15) is 5.10 Å². The van der Waals surface area contributed by atoms with E-state index in [1.165, 1.54) is 0 Å². The third kappa shape index (κ3) is 2.72. The monoisotopic (exact) mass is 310 g/mol. The van der Waals surface area contributed by atoms with Crippen LogP contribution in [0.15, 0.2) is 28.7 Å². The van der Waals surface area contributed by atoms with Gasteiger partial charge < -0.3 is 9.73 Å². The molecule has 0 saturated heterocycles. The summed E-state index contributed by atoms with van der Waals surface area (Å²) < 4.78 is 5.67. The van der Waals surface area contributed by atoms with E-state index in [9.17, 15) is 4.79 Å². The van der Waals surface area contributed by atoms with Crippen molar-refractivity contribution in [2.24, 2.45) is 0 Å². The Bertz CT molecular complexity index is 816. The second-order valence-corrected chi connectivity index (χ2v) is 5.82. The molecule has 2 aromatic heterocycles. The molecule has 0 fully saturated rings. The third-order valence-corrected chi connectivity index (χ3v) is 4.21. The van der Waals surface area contributed by atoms with Gasteiger partial charge in [-0.1, -0.05) is 12.1 Å². The van der Waals surface area contributed by atoms with E-state index in [4.69, 9.17) is 4.42 Å². The molecule has 2 heterocycles. The molecular formula is C17H18N4O2. The minimum atomic E-state index is -0.0954. The number of carbonyl (C=O) groups is 1. The molecule has 0 bridgehead atoms. The van der Waals surface area contributed by atoms with Gasteiger partial charge in [-0.25, -0.2) is 4.98 Å². The van der Waals surface area contributed by atoms with Gasteiger partial charge in [0, 0.05) is 24.2 Å². The molecule has 0 aliphatic heterocycles. The smallest absolute Gasteiger partial charge is 0.272 e. The van der Waals surface area contributed by atoms with Crippen molar-refractivity contribution in [3.63, 3.8) is 0 Å². The molecule has 23 heavy (non-hydrogen) atoms. The zero-order chi connectivity index (χ0) is 15.6. The molecule has 118 valence electrons. The Morgan fingerprint density at radius 2 is 2.22 bits per heavy atom. The van der Waals surface area contributed by atoms with Crippen LogP contribution in [0.4, 0.5) is 0 Å². The van der Waals surface area contributed by atoms with Crippen molar-refractivity contribution in [3.05, 3.63) is 47.1 Å². The zero-order valence-electron chi connectivity index (χ0n) is 12.8. The maximum atomic E-state index is 12.2. The number of aryl methyl sites for hydroxylation is 2. The quantitative estimate of drug-likeness (QED) is 0.709. The van der Waals surface area contributed by atoms with Gasteiger partial charge in [-0.05, 0) is 37.8 Å². The van der Waals surface area contributed by atoms with Crippen LogP contribution in [0.25, 0.3) is 11.1 Å². The molecule has 1 aliphatic rings. The fraction of sp³-hybridized carbons (Fsp3) is 0.353. The van der Waals surface area contributed by atoms with Crippen molar-refractivity contribution >= 4 is 17.0 Å². The average Bonchev–Trinajstić information content (AvgIpc) is 3.25. The Labute approximate surface area is 133 Å². The van der Waals surface area contributed by atoms with Gasteiger partial charge in [0.2, 0.25) is 0 Å². The number of hydrogen-bond donors (Lipinski definition) is 2. The molecule has 0 unspecified atom stereocenters. The predicted molar refractivity (Wildman–Crippen MR) is 85.3 cm³/mol. The summed E-state index contributed by atoms with van der Waals surface area (Å²) in [6.45, 7) is 0.583. The maximum Gasteiger partial charge on any atom is 0.272 e. The zero-order valence-corrected chi connectivity index (χ0v) is 12.8. The highest BCUT2D eigenvalue weighted by Gasteiger charge is 2.22. The Kier molecular flexibility index (Phi) is 3.57. The van der Waals surface area contributed by atoms with Gasteiger partial charge in [0.25, 0.3) is 5.91 Å². The summed E-state index contributed by atoms with van der Waals surface area (Å²) in [5, 5.41) is 10.0. The Morgan fingerprint density at radius 1 is 1.30 bits per heavy atom. The topological polar surface area (TPSA) is 83.8 Å². The molecule has 1 aromatic carbocycles. The number of amides is 1. The highest BCUT2D eigenvalue weighted by Crippen LogP contribution is 2.22. The van der Waals surface area contributed by atoms with Crippen LogP contribution in [0.2, 0.25) is 0 Å². The summed E-state index contributed by atoms with van der Waals surface area (Å²) in [6.07, 6.45) is 4.52. The third-order valence-electron chi connectivity index (χ3n) is 4.21. The fourth-order valence-electron chi connectivity index (χ4n) is 3.06. The number of nitrogens with one attached hydrogen (secondary N) is 2. The lowest BCUT2D eigenvalue weighted by molar-refractivity contribution is 0.0947. The predicted octanol–water partition coefficient (Wildman–Crippen LogP) is 2.40. The highest BCUT2D eigenvalue weighted by molar-refractivity contribution is 5.94. The van der Waals surface area contributed by atoms with E-state index in [-0.39, 0.29) is 5.91 Å². The van der Waals surface area contributed by atoms with Gasteiger partial charge in [-0.15, -0.1) is 0 Å². The number of aromatic nitrogens is 3. The van der Waals surface area contributed by atoms with E-state index in [1.54, 1.807) is 0 Å². The average molecular weight is 310 g/mol. The lowest BCUT2D eigenvalue weighted by Gasteiger charge is -2.03. The van der Waals surface area contributed by atoms with Crippen LogP contribution in [0, 0.1) is 0 Å². The number of fused-ring (bicyclic) bond motifs is 2. The van der Waals surface area contributed by atoms with Gasteiger partial charge >= 0.3 is 0 Å². The van der Waals surface area contributed by atoms with E-state index in [0.717, 1.165) is 48.0 Å². The first-order chi connectivity index (χ1) is 11.3. The summed E-state index contributed by atoms with van der Waals surface area (Å²) in [6, 6.07) is 7.71. The summed E-state index contributed by atoms with van der Waals surface area (Å²) in [5.74, 6) is 0.614. The van der Waals surface area contributed by atoms with Gasteiger partial charge in [0.1, 0.15) is 5.52 Å². The van der Waals surface area contributed by atoms with Gasteiger partial charge in [0.05, 0.1) is 0 Å². The molecule has 1 aliphatic carbocycles. The lowest BCUT2D eigenvalue weighted by Crippen LogP contribution is -2.26. The Morgan fingerprint density at radius 3 is 3.13 bits per heavy atom. The number of para-hydroxylation sites is 2. The van der Waals surface area contributed by atoms with Crippen molar-refractivity contribution in [1.82, 2.24) is 20.5 Å². The van der Waals surface area contributed by atoms with Crippen LogP contribution >= 0.6 is 0 Å². The van der Waals surface area contributed by atoms with Crippen LogP contribution in [0.3, 0.4) is 0 Å². The lowest BCUT2D eigenvalue weighted by atomic mass is 10.2. The first-order valence-corrected chi connectivity index (χ1v) is 8.00. The number of hydrogen-bond acceptors (Lipinski definition) is 4. The normalized spacial score (nSPS) is 13.4. The number of rotatable bonds is 5. The van der Waals surface area contributed by atoms with Crippen LogP contribution in [-0.2, 0) is 19.3 Å². The molecule has 6 heteroatoms. The van der Waals surface area contributed by atoms with Crippen molar-refractivity contribution in [1.29, 1.82) is 0 Å².